The van der Waals surface area contributed by atoms with Gasteiger partial charge in [-0.3, -0.25) is 14.5 Å². The van der Waals surface area contributed by atoms with Crippen LogP contribution in [0.5, 0.6) is 11.5 Å². The van der Waals surface area contributed by atoms with Gasteiger partial charge >= 0.3 is 5.97 Å². The molecule has 9 nitrogen and oxygen atoms in total. The lowest BCUT2D eigenvalue weighted by Gasteiger charge is -2.25. The molecule has 4 rings (SSSR count). The second kappa shape index (κ2) is 12.8. The number of ketones is 1. The molecule has 0 bridgehead atoms. The first kappa shape index (κ1) is 29.5. The molecule has 41 heavy (non-hydrogen) atoms. The van der Waals surface area contributed by atoms with E-state index in [0.717, 1.165) is 23.3 Å². The summed E-state index contributed by atoms with van der Waals surface area (Å²) >= 11 is 0.941. The van der Waals surface area contributed by atoms with Gasteiger partial charge in [-0.1, -0.05) is 67.7 Å². The summed E-state index contributed by atoms with van der Waals surface area (Å²) in [5.41, 5.74) is 1.50. The van der Waals surface area contributed by atoms with Crippen molar-refractivity contribution in [2.45, 2.75) is 33.2 Å². The predicted octanol–water partition coefficient (Wildman–Crippen LogP) is 5.85. The van der Waals surface area contributed by atoms with E-state index < -0.39 is 29.5 Å². The first-order valence-corrected chi connectivity index (χ1v) is 13.9. The van der Waals surface area contributed by atoms with Crippen molar-refractivity contribution in [1.29, 1.82) is 0 Å². The number of amides is 1. The summed E-state index contributed by atoms with van der Waals surface area (Å²) in [6, 6.07) is 13.2. The number of aliphatic hydroxyl groups is 1. The lowest BCUT2D eigenvalue weighted by Crippen LogP contribution is -2.30. The Labute approximate surface area is 242 Å². The van der Waals surface area contributed by atoms with E-state index in [1.54, 1.807) is 31.2 Å². The molecule has 0 spiro atoms. The zero-order chi connectivity index (χ0) is 29.7. The lowest BCUT2D eigenvalue weighted by molar-refractivity contribution is -0.117. The van der Waals surface area contributed by atoms with Crippen molar-refractivity contribution < 1.29 is 33.7 Å². The highest BCUT2D eigenvalue weighted by Crippen LogP contribution is 2.45. The number of aliphatic hydroxyl groups excluding tert-OH is 1. The third-order valence-corrected chi connectivity index (χ3v) is 7.66. The van der Waals surface area contributed by atoms with Gasteiger partial charge in [0.1, 0.15) is 4.88 Å². The second-order valence-electron chi connectivity index (χ2n) is 9.79. The van der Waals surface area contributed by atoms with Crippen LogP contribution in [-0.4, -0.2) is 48.6 Å². The molecule has 1 aliphatic rings. The molecule has 2 heterocycles. The van der Waals surface area contributed by atoms with Gasteiger partial charge < -0.3 is 19.3 Å². The Morgan fingerprint density at radius 1 is 1.12 bits per heavy atom. The number of benzene rings is 2. The number of thiazole rings is 1. The number of anilines is 1. The van der Waals surface area contributed by atoms with E-state index in [9.17, 15) is 19.5 Å². The summed E-state index contributed by atoms with van der Waals surface area (Å²) in [6.45, 7) is 6.32. The van der Waals surface area contributed by atoms with Crippen LogP contribution in [0.4, 0.5) is 5.13 Å². The highest BCUT2D eigenvalue weighted by molar-refractivity contribution is 7.17. The molecule has 214 valence electrons. The lowest BCUT2D eigenvalue weighted by atomic mass is 9.95. The average Bonchev–Trinajstić information content (AvgIpc) is 3.48. The Balaban J connectivity index is 1.79. The number of carbonyl (C=O) groups excluding carboxylic acids is 3. The third kappa shape index (κ3) is 6.33. The monoisotopic (exact) mass is 576 g/mol. The Kier molecular flexibility index (Phi) is 9.24. The van der Waals surface area contributed by atoms with Crippen LogP contribution in [0, 0.1) is 12.8 Å². The van der Waals surface area contributed by atoms with Gasteiger partial charge in [-0.15, -0.1) is 0 Å². The average molecular weight is 577 g/mol. The number of ether oxygens (including phenoxy) is 3. The standard InChI is InChI=1S/C31H32N2O7S/c1-18(2)15-16-40-23-14-12-21(17-24(23)38-4)26-25(22(34)13-11-20-9-7-6-8-10-20)27(35)29(36)33(26)31-32-19(3)28(41-31)30(37)39-5/h6-14,17-18,26,35H,15-16H2,1-5H3. The fourth-order valence-electron chi connectivity index (χ4n) is 4.34. The predicted molar refractivity (Wildman–Crippen MR) is 156 cm³/mol. The van der Waals surface area contributed by atoms with Crippen LogP contribution in [0.2, 0.25) is 0 Å². The summed E-state index contributed by atoms with van der Waals surface area (Å²) in [4.78, 5) is 45.2. The minimum atomic E-state index is -1.05. The van der Waals surface area contributed by atoms with Crippen LogP contribution in [0.3, 0.4) is 0 Å². The van der Waals surface area contributed by atoms with E-state index in [4.69, 9.17) is 14.2 Å². The van der Waals surface area contributed by atoms with Crippen LogP contribution in [0.1, 0.15) is 52.8 Å². The van der Waals surface area contributed by atoms with Gasteiger partial charge in [-0.05, 0) is 48.6 Å². The van der Waals surface area contributed by atoms with E-state index in [0.29, 0.717) is 35.3 Å². The third-order valence-electron chi connectivity index (χ3n) is 6.52. The smallest absolute Gasteiger partial charge is 0.350 e. The summed E-state index contributed by atoms with van der Waals surface area (Å²) in [7, 11) is 2.76. The van der Waals surface area contributed by atoms with Crippen molar-refractivity contribution in [1.82, 2.24) is 4.98 Å². The maximum absolute atomic E-state index is 13.6. The zero-order valence-electron chi connectivity index (χ0n) is 23.5. The molecule has 1 N–H and O–H groups in total. The number of allylic oxidation sites excluding steroid dienone is 1. The first-order valence-electron chi connectivity index (χ1n) is 13.1. The van der Waals surface area contributed by atoms with Crippen LogP contribution in [0.15, 0.2) is 65.9 Å². The van der Waals surface area contributed by atoms with Crippen molar-refractivity contribution in [3.63, 3.8) is 0 Å². The molecule has 1 amide bonds. The molecule has 10 heteroatoms. The molecule has 1 aliphatic heterocycles. The summed E-state index contributed by atoms with van der Waals surface area (Å²) in [5, 5.41) is 11.2. The van der Waals surface area contributed by atoms with Crippen LogP contribution in [-0.2, 0) is 14.3 Å². The van der Waals surface area contributed by atoms with E-state index >= 15 is 0 Å². The quantitative estimate of drug-likeness (QED) is 0.223. The molecule has 0 aliphatic carbocycles. The Hall–Kier alpha value is -4.44. The molecule has 1 atom stereocenters. The van der Waals surface area contributed by atoms with Gasteiger partial charge in [0.15, 0.2) is 28.2 Å². The van der Waals surface area contributed by atoms with Crippen LogP contribution < -0.4 is 14.4 Å². The van der Waals surface area contributed by atoms with E-state index in [-0.39, 0.29) is 15.6 Å². The van der Waals surface area contributed by atoms with Crippen molar-refractivity contribution in [2.24, 2.45) is 5.92 Å². The number of hydrogen-bond donors (Lipinski definition) is 1. The number of esters is 1. The molecular weight excluding hydrogens is 544 g/mol. The maximum atomic E-state index is 13.6. The second-order valence-corrected chi connectivity index (χ2v) is 10.8. The summed E-state index contributed by atoms with van der Waals surface area (Å²) in [5.74, 6) is -1.28. The van der Waals surface area contributed by atoms with Gasteiger partial charge in [0.25, 0.3) is 5.91 Å². The first-order chi connectivity index (χ1) is 19.7. The Morgan fingerprint density at radius 3 is 2.51 bits per heavy atom. The summed E-state index contributed by atoms with van der Waals surface area (Å²) < 4.78 is 16.4. The Morgan fingerprint density at radius 2 is 1.85 bits per heavy atom. The van der Waals surface area contributed by atoms with Crippen molar-refractivity contribution in [2.75, 3.05) is 25.7 Å². The molecule has 0 radical (unpaired) electrons. The van der Waals surface area contributed by atoms with E-state index in [1.165, 1.54) is 25.2 Å². The number of carbonyl (C=O) groups is 3. The highest BCUT2D eigenvalue weighted by Gasteiger charge is 2.45. The fraction of sp³-hybridized carbons (Fsp3) is 0.290. The molecule has 3 aromatic rings. The molecule has 0 saturated carbocycles. The van der Waals surface area contributed by atoms with Crippen LogP contribution >= 0.6 is 11.3 Å². The van der Waals surface area contributed by atoms with Gasteiger partial charge in [0.05, 0.1) is 38.1 Å². The SMILES string of the molecule is COC(=O)c1sc(N2C(=O)C(O)=C(C(=O)C=Cc3ccccc3)C2c2ccc(OCCC(C)C)c(OC)c2)nc1C. The fourth-order valence-corrected chi connectivity index (χ4v) is 5.35. The molecular formula is C31H32N2O7S. The van der Waals surface area contributed by atoms with Crippen molar-refractivity contribution in [3.8, 4) is 11.5 Å². The number of methoxy groups -OCH3 is 2. The minimum absolute atomic E-state index is 0.120. The summed E-state index contributed by atoms with van der Waals surface area (Å²) in [6.07, 6.45) is 3.78. The van der Waals surface area contributed by atoms with Crippen molar-refractivity contribution in [3.05, 3.63) is 87.6 Å². The molecule has 1 aromatic heterocycles. The number of hydrogen-bond acceptors (Lipinski definition) is 9. The maximum Gasteiger partial charge on any atom is 0.350 e. The number of rotatable bonds is 11. The van der Waals surface area contributed by atoms with Gasteiger partial charge in [0, 0.05) is 0 Å². The van der Waals surface area contributed by atoms with Gasteiger partial charge in [-0.2, -0.15) is 0 Å². The number of aromatic nitrogens is 1. The molecule has 2 aromatic carbocycles. The topological polar surface area (TPSA) is 115 Å². The zero-order valence-corrected chi connectivity index (χ0v) is 24.4. The highest BCUT2D eigenvalue weighted by atomic mass is 32.1. The van der Waals surface area contributed by atoms with E-state index in [2.05, 4.69) is 18.8 Å². The van der Waals surface area contributed by atoms with Gasteiger partial charge in [-0.25, -0.2) is 9.78 Å². The minimum Gasteiger partial charge on any atom is -0.503 e. The van der Waals surface area contributed by atoms with E-state index in [1.807, 2.05) is 30.3 Å². The van der Waals surface area contributed by atoms with Gasteiger partial charge in [0.2, 0.25) is 0 Å². The molecule has 1 unspecified atom stereocenters. The molecule has 0 saturated heterocycles. The van der Waals surface area contributed by atoms with Crippen molar-refractivity contribution >= 4 is 40.2 Å². The Bertz CT molecular complexity index is 1510. The number of nitrogens with zero attached hydrogens (tertiary/aromatic N) is 2. The normalized spacial score (nSPS) is 15.2. The number of aryl methyl sites for hydroxylation is 1. The van der Waals surface area contributed by atoms with Crippen LogP contribution in [0.25, 0.3) is 6.08 Å². The molecule has 0 fully saturated rings. The largest absolute Gasteiger partial charge is 0.503 e.